The average Bonchev–Trinajstić information content (AvgIpc) is 2.17. The Kier molecular flexibility index (Phi) is 6.35. The molecule has 80 valence electrons. The normalized spacial score (nSPS) is 20.8. The van der Waals surface area contributed by atoms with Crippen molar-refractivity contribution in [3.63, 3.8) is 0 Å². The summed E-state index contributed by atoms with van der Waals surface area (Å²) >= 11 is 0. The molecule has 0 aliphatic heterocycles. The van der Waals surface area contributed by atoms with Gasteiger partial charge in [0.05, 0.1) is 12.2 Å². The van der Waals surface area contributed by atoms with E-state index in [0.717, 1.165) is 12.8 Å². The van der Waals surface area contributed by atoms with E-state index in [-0.39, 0.29) is 12.2 Å². The highest BCUT2D eigenvalue weighted by Crippen LogP contribution is 2.23. The van der Waals surface area contributed by atoms with Crippen molar-refractivity contribution in [2.75, 3.05) is 7.11 Å². The molecule has 0 rings (SSSR count). The maximum absolute atomic E-state index is 9.71. The summed E-state index contributed by atoms with van der Waals surface area (Å²) in [5.41, 5.74) is 0. The van der Waals surface area contributed by atoms with E-state index in [9.17, 15) is 5.11 Å². The van der Waals surface area contributed by atoms with Gasteiger partial charge < -0.3 is 9.84 Å². The highest BCUT2D eigenvalue weighted by molar-refractivity contribution is 4.76. The Morgan fingerprint density at radius 1 is 1.15 bits per heavy atom. The predicted molar refractivity (Wildman–Crippen MR) is 55.7 cm³/mol. The van der Waals surface area contributed by atoms with E-state index in [1.807, 2.05) is 6.92 Å². The lowest BCUT2D eigenvalue weighted by atomic mass is 9.85. The van der Waals surface area contributed by atoms with Crippen molar-refractivity contribution in [3.8, 4) is 0 Å². The summed E-state index contributed by atoms with van der Waals surface area (Å²) < 4.78 is 5.34. The molecular formula is C11H24O2. The van der Waals surface area contributed by atoms with Gasteiger partial charge >= 0.3 is 0 Å². The van der Waals surface area contributed by atoms with Gasteiger partial charge in [-0.2, -0.15) is 0 Å². The highest BCUT2D eigenvalue weighted by atomic mass is 16.5. The fourth-order valence-electron chi connectivity index (χ4n) is 1.65. The fraction of sp³-hybridized carbons (Fsp3) is 1.00. The predicted octanol–water partition coefficient (Wildman–Crippen LogP) is 2.45. The van der Waals surface area contributed by atoms with Gasteiger partial charge in [-0.1, -0.05) is 34.1 Å². The monoisotopic (exact) mass is 188 g/mol. The van der Waals surface area contributed by atoms with Crippen LogP contribution in [0.2, 0.25) is 0 Å². The van der Waals surface area contributed by atoms with Gasteiger partial charge in [-0.15, -0.1) is 0 Å². The molecule has 0 spiro atoms. The Labute approximate surface area is 82.3 Å². The molecule has 4 unspecified atom stereocenters. The first kappa shape index (κ1) is 12.9. The van der Waals surface area contributed by atoms with Crippen molar-refractivity contribution in [1.29, 1.82) is 0 Å². The number of hydrogen-bond donors (Lipinski definition) is 1. The number of methoxy groups -OCH3 is 1. The topological polar surface area (TPSA) is 29.5 Å². The van der Waals surface area contributed by atoms with E-state index >= 15 is 0 Å². The second-order valence-corrected chi connectivity index (χ2v) is 3.92. The SMILES string of the molecule is CCC(C)C(C)C(OC)C(O)CC. The van der Waals surface area contributed by atoms with E-state index in [1.54, 1.807) is 7.11 Å². The number of rotatable bonds is 6. The summed E-state index contributed by atoms with van der Waals surface area (Å²) in [7, 11) is 1.68. The Morgan fingerprint density at radius 2 is 1.69 bits per heavy atom. The summed E-state index contributed by atoms with van der Waals surface area (Å²) in [6.07, 6.45) is 1.56. The first-order valence-electron chi connectivity index (χ1n) is 5.29. The van der Waals surface area contributed by atoms with E-state index < -0.39 is 0 Å². The molecule has 2 heteroatoms. The van der Waals surface area contributed by atoms with Gasteiger partial charge in [-0.25, -0.2) is 0 Å². The lowest BCUT2D eigenvalue weighted by molar-refractivity contribution is -0.0551. The zero-order chi connectivity index (χ0) is 10.4. The zero-order valence-electron chi connectivity index (χ0n) is 9.58. The van der Waals surface area contributed by atoms with Gasteiger partial charge in [0.15, 0.2) is 0 Å². The van der Waals surface area contributed by atoms with Crippen molar-refractivity contribution in [2.45, 2.75) is 52.7 Å². The van der Waals surface area contributed by atoms with Crippen LogP contribution in [0.25, 0.3) is 0 Å². The van der Waals surface area contributed by atoms with Crippen molar-refractivity contribution in [2.24, 2.45) is 11.8 Å². The van der Waals surface area contributed by atoms with Crippen LogP contribution >= 0.6 is 0 Å². The highest BCUT2D eigenvalue weighted by Gasteiger charge is 2.26. The third-order valence-electron chi connectivity index (χ3n) is 3.13. The number of ether oxygens (including phenoxy) is 1. The molecule has 0 heterocycles. The van der Waals surface area contributed by atoms with Gasteiger partial charge in [-0.3, -0.25) is 0 Å². The van der Waals surface area contributed by atoms with Crippen LogP contribution in [0.4, 0.5) is 0 Å². The zero-order valence-corrected chi connectivity index (χ0v) is 9.58. The van der Waals surface area contributed by atoms with E-state index in [4.69, 9.17) is 4.74 Å². The van der Waals surface area contributed by atoms with Crippen molar-refractivity contribution in [1.82, 2.24) is 0 Å². The van der Waals surface area contributed by atoms with Crippen molar-refractivity contribution < 1.29 is 9.84 Å². The van der Waals surface area contributed by atoms with Crippen LogP contribution < -0.4 is 0 Å². The van der Waals surface area contributed by atoms with Gasteiger partial charge in [-0.05, 0) is 18.3 Å². The average molecular weight is 188 g/mol. The molecule has 0 bridgehead atoms. The Morgan fingerprint density at radius 3 is 2.00 bits per heavy atom. The van der Waals surface area contributed by atoms with E-state index in [1.165, 1.54) is 0 Å². The van der Waals surface area contributed by atoms with Gasteiger partial charge in [0, 0.05) is 7.11 Å². The molecule has 0 aliphatic rings. The third kappa shape index (κ3) is 3.65. The molecule has 4 atom stereocenters. The van der Waals surface area contributed by atoms with Gasteiger partial charge in [0.25, 0.3) is 0 Å². The Balaban J connectivity index is 4.21. The van der Waals surface area contributed by atoms with Crippen LogP contribution in [0, 0.1) is 11.8 Å². The summed E-state index contributed by atoms with van der Waals surface area (Å²) in [6.45, 7) is 8.52. The summed E-state index contributed by atoms with van der Waals surface area (Å²) in [6, 6.07) is 0. The fourth-order valence-corrected chi connectivity index (χ4v) is 1.65. The number of aliphatic hydroxyl groups is 1. The molecular weight excluding hydrogens is 164 g/mol. The standard InChI is InChI=1S/C11H24O2/c1-6-8(3)9(4)11(13-5)10(12)7-2/h8-12H,6-7H2,1-5H3. The smallest absolute Gasteiger partial charge is 0.0857 e. The molecule has 0 fully saturated rings. The molecule has 1 N–H and O–H groups in total. The lowest BCUT2D eigenvalue weighted by Gasteiger charge is -2.30. The van der Waals surface area contributed by atoms with Crippen LogP contribution in [-0.4, -0.2) is 24.4 Å². The number of aliphatic hydroxyl groups excluding tert-OH is 1. The largest absolute Gasteiger partial charge is 0.390 e. The number of hydrogen-bond acceptors (Lipinski definition) is 2. The van der Waals surface area contributed by atoms with Crippen LogP contribution in [-0.2, 0) is 4.74 Å². The first-order valence-corrected chi connectivity index (χ1v) is 5.29. The van der Waals surface area contributed by atoms with E-state index in [2.05, 4.69) is 20.8 Å². The molecule has 13 heavy (non-hydrogen) atoms. The quantitative estimate of drug-likeness (QED) is 0.694. The molecule has 0 saturated carbocycles. The lowest BCUT2D eigenvalue weighted by Crippen LogP contribution is -2.36. The van der Waals surface area contributed by atoms with Crippen LogP contribution in [0.15, 0.2) is 0 Å². The molecule has 0 aliphatic carbocycles. The molecule has 0 saturated heterocycles. The minimum atomic E-state index is -0.325. The summed E-state index contributed by atoms with van der Waals surface area (Å²) in [5.74, 6) is 1.02. The van der Waals surface area contributed by atoms with Gasteiger partial charge in [0.2, 0.25) is 0 Å². The Bertz CT molecular complexity index is 125. The second kappa shape index (κ2) is 6.39. The molecule has 0 aromatic carbocycles. The van der Waals surface area contributed by atoms with Crippen molar-refractivity contribution in [3.05, 3.63) is 0 Å². The van der Waals surface area contributed by atoms with Crippen LogP contribution in [0.3, 0.4) is 0 Å². The van der Waals surface area contributed by atoms with Gasteiger partial charge in [0.1, 0.15) is 0 Å². The van der Waals surface area contributed by atoms with Crippen LogP contribution in [0.5, 0.6) is 0 Å². The van der Waals surface area contributed by atoms with E-state index in [0.29, 0.717) is 11.8 Å². The maximum atomic E-state index is 9.71. The summed E-state index contributed by atoms with van der Waals surface area (Å²) in [4.78, 5) is 0. The molecule has 0 radical (unpaired) electrons. The Hall–Kier alpha value is -0.0800. The van der Waals surface area contributed by atoms with Crippen LogP contribution in [0.1, 0.15) is 40.5 Å². The third-order valence-corrected chi connectivity index (χ3v) is 3.13. The maximum Gasteiger partial charge on any atom is 0.0857 e. The second-order valence-electron chi connectivity index (χ2n) is 3.92. The molecule has 0 amide bonds. The first-order chi connectivity index (χ1) is 6.08. The van der Waals surface area contributed by atoms with Crippen molar-refractivity contribution >= 4 is 0 Å². The molecule has 2 nitrogen and oxygen atoms in total. The minimum absolute atomic E-state index is 0.0139. The summed E-state index contributed by atoms with van der Waals surface area (Å²) in [5, 5.41) is 9.71. The molecule has 0 aromatic heterocycles. The molecule has 0 aromatic rings. The minimum Gasteiger partial charge on any atom is -0.390 e.